The quantitative estimate of drug-likeness (QED) is 0.876. The summed E-state index contributed by atoms with van der Waals surface area (Å²) in [5.41, 5.74) is 0.382. The first-order valence-electron chi connectivity index (χ1n) is 6.09. The molecule has 1 N–H and O–H groups in total. The Hall–Kier alpha value is -1.99. The van der Waals surface area contributed by atoms with E-state index in [0.717, 1.165) is 0 Å². The summed E-state index contributed by atoms with van der Waals surface area (Å²) >= 11 is 5.71. The lowest BCUT2D eigenvalue weighted by Crippen LogP contribution is -2.16. The van der Waals surface area contributed by atoms with Gasteiger partial charge in [-0.1, -0.05) is 11.6 Å². The topological polar surface area (TPSA) is 77.5 Å². The van der Waals surface area contributed by atoms with E-state index in [4.69, 9.17) is 21.1 Å². The van der Waals surface area contributed by atoms with E-state index in [-0.39, 0.29) is 10.0 Å². The molecule has 2 aromatic rings. The van der Waals surface area contributed by atoms with Crippen LogP contribution >= 0.6 is 11.6 Å². The Kier molecular flexibility index (Phi) is 3.60. The molecule has 21 heavy (non-hydrogen) atoms. The molecule has 0 unspecified atom stereocenters. The maximum Gasteiger partial charge on any atom is 0.262 e. The van der Waals surface area contributed by atoms with Gasteiger partial charge in [-0.2, -0.15) is 0 Å². The Morgan fingerprint density at radius 3 is 2.62 bits per heavy atom. The first-order valence-corrected chi connectivity index (χ1v) is 7.95. The van der Waals surface area contributed by atoms with Crippen molar-refractivity contribution in [3.8, 4) is 11.5 Å². The minimum Gasteiger partial charge on any atom is -0.486 e. The monoisotopic (exact) mass is 326 g/mol. The maximum atomic E-state index is 12.3. The molecular formula is C13H11ClN2O4S. The van der Waals surface area contributed by atoms with Crippen molar-refractivity contribution < 1.29 is 17.9 Å². The number of aromatic nitrogens is 1. The smallest absolute Gasteiger partial charge is 0.262 e. The van der Waals surface area contributed by atoms with E-state index in [1.807, 2.05) is 0 Å². The van der Waals surface area contributed by atoms with Crippen LogP contribution in [-0.4, -0.2) is 26.6 Å². The third kappa shape index (κ3) is 3.03. The Balaban J connectivity index is 1.89. The molecule has 1 aliphatic heterocycles. The molecule has 110 valence electrons. The van der Waals surface area contributed by atoms with E-state index < -0.39 is 10.0 Å². The summed E-state index contributed by atoms with van der Waals surface area (Å²) in [6, 6.07) is 7.49. The molecule has 0 saturated carbocycles. The van der Waals surface area contributed by atoms with Crippen LogP contribution in [-0.2, 0) is 10.0 Å². The largest absolute Gasteiger partial charge is 0.486 e. The minimum absolute atomic E-state index is 0.0392. The fraction of sp³-hybridized carbons (Fsp3) is 0.154. The average molecular weight is 327 g/mol. The average Bonchev–Trinajstić information content (AvgIpc) is 2.47. The molecule has 6 nitrogen and oxygen atoms in total. The zero-order valence-corrected chi connectivity index (χ0v) is 12.3. The van der Waals surface area contributed by atoms with Crippen molar-refractivity contribution in [2.45, 2.75) is 4.90 Å². The van der Waals surface area contributed by atoms with Gasteiger partial charge in [-0.15, -0.1) is 0 Å². The highest BCUT2D eigenvalue weighted by atomic mass is 35.5. The van der Waals surface area contributed by atoms with Crippen molar-refractivity contribution in [1.82, 2.24) is 4.98 Å². The van der Waals surface area contributed by atoms with Gasteiger partial charge in [-0.05, 0) is 24.3 Å². The minimum atomic E-state index is -3.73. The van der Waals surface area contributed by atoms with Crippen LogP contribution in [0.4, 0.5) is 5.69 Å². The molecule has 0 aliphatic carbocycles. The zero-order chi connectivity index (χ0) is 14.9. The highest BCUT2D eigenvalue weighted by molar-refractivity contribution is 7.92. The number of hydrogen-bond acceptors (Lipinski definition) is 5. The number of fused-ring (bicyclic) bond motifs is 1. The molecule has 0 amide bonds. The summed E-state index contributed by atoms with van der Waals surface area (Å²) in [4.78, 5) is 3.79. The fourth-order valence-electron chi connectivity index (χ4n) is 1.87. The van der Waals surface area contributed by atoms with E-state index >= 15 is 0 Å². The van der Waals surface area contributed by atoms with Gasteiger partial charge >= 0.3 is 0 Å². The highest BCUT2D eigenvalue weighted by Gasteiger charge is 2.17. The van der Waals surface area contributed by atoms with Crippen LogP contribution in [0.25, 0.3) is 0 Å². The molecule has 0 spiro atoms. The molecule has 1 aromatic heterocycles. The van der Waals surface area contributed by atoms with Crippen LogP contribution in [0.1, 0.15) is 0 Å². The number of benzene rings is 1. The van der Waals surface area contributed by atoms with Gasteiger partial charge in [0.25, 0.3) is 10.0 Å². The lowest BCUT2D eigenvalue weighted by Gasteiger charge is -2.19. The summed E-state index contributed by atoms with van der Waals surface area (Å²) in [6.07, 6.45) is 1.33. The lowest BCUT2D eigenvalue weighted by atomic mass is 10.3. The van der Waals surface area contributed by atoms with Crippen LogP contribution in [0, 0.1) is 0 Å². The van der Waals surface area contributed by atoms with Gasteiger partial charge in [-0.3, -0.25) is 4.72 Å². The standard InChI is InChI=1S/C13H11ClN2O4S/c14-13-8-10(3-4-15-13)21(17,18)16-9-1-2-11-12(7-9)20-6-5-19-11/h1-4,7-8,16H,5-6H2. The predicted octanol–water partition coefficient (Wildman–Crippen LogP) is 2.31. The molecule has 8 heteroatoms. The third-order valence-corrected chi connectivity index (χ3v) is 4.39. The summed E-state index contributed by atoms with van der Waals surface area (Å²) < 4.78 is 37.8. The number of nitrogens with zero attached hydrogens (tertiary/aromatic N) is 1. The van der Waals surface area contributed by atoms with Crippen LogP contribution in [0.5, 0.6) is 11.5 Å². The second-order valence-corrected chi connectivity index (χ2v) is 6.35. The number of pyridine rings is 1. The first kappa shape index (κ1) is 14.0. The molecule has 0 fully saturated rings. The van der Waals surface area contributed by atoms with E-state index in [2.05, 4.69) is 9.71 Å². The molecule has 0 bridgehead atoms. The number of rotatable bonds is 3. The molecular weight excluding hydrogens is 316 g/mol. The number of anilines is 1. The van der Waals surface area contributed by atoms with Gasteiger partial charge in [0.05, 0.1) is 10.6 Å². The van der Waals surface area contributed by atoms with Crippen molar-refractivity contribution in [3.63, 3.8) is 0 Å². The molecule has 1 aliphatic rings. The number of ether oxygens (including phenoxy) is 2. The highest BCUT2D eigenvalue weighted by Crippen LogP contribution is 2.33. The molecule has 0 saturated heterocycles. The summed E-state index contributed by atoms with van der Waals surface area (Å²) in [5, 5.41) is 0.111. The Morgan fingerprint density at radius 1 is 1.10 bits per heavy atom. The van der Waals surface area contributed by atoms with Crippen molar-refractivity contribution in [3.05, 3.63) is 41.7 Å². The number of hydrogen-bond donors (Lipinski definition) is 1. The van der Waals surface area contributed by atoms with E-state index in [0.29, 0.717) is 30.4 Å². The van der Waals surface area contributed by atoms with E-state index in [9.17, 15) is 8.42 Å². The van der Waals surface area contributed by atoms with Gasteiger partial charge in [0.2, 0.25) is 0 Å². The van der Waals surface area contributed by atoms with Gasteiger partial charge in [0.1, 0.15) is 18.4 Å². The zero-order valence-electron chi connectivity index (χ0n) is 10.7. The van der Waals surface area contributed by atoms with Crippen molar-refractivity contribution in [1.29, 1.82) is 0 Å². The third-order valence-electron chi connectivity index (χ3n) is 2.80. The summed E-state index contributed by atoms with van der Waals surface area (Å²) in [7, 11) is -3.73. The Labute approximate surface area is 126 Å². The molecule has 1 aromatic carbocycles. The van der Waals surface area contributed by atoms with E-state index in [1.54, 1.807) is 18.2 Å². The van der Waals surface area contributed by atoms with Gasteiger partial charge < -0.3 is 9.47 Å². The van der Waals surface area contributed by atoms with Crippen LogP contribution in [0.3, 0.4) is 0 Å². The van der Waals surface area contributed by atoms with E-state index in [1.165, 1.54) is 18.3 Å². The van der Waals surface area contributed by atoms with Crippen molar-refractivity contribution in [2.24, 2.45) is 0 Å². The lowest BCUT2D eigenvalue weighted by molar-refractivity contribution is 0.171. The van der Waals surface area contributed by atoms with Gasteiger partial charge in [0.15, 0.2) is 11.5 Å². The molecule has 0 atom stereocenters. The van der Waals surface area contributed by atoms with Crippen LogP contribution < -0.4 is 14.2 Å². The summed E-state index contributed by atoms with van der Waals surface area (Å²) in [5.74, 6) is 1.10. The van der Waals surface area contributed by atoms with Gasteiger partial charge in [-0.25, -0.2) is 13.4 Å². The van der Waals surface area contributed by atoms with Crippen LogP contribution in [0.2, 0.25) is 5.15 Å². The van der Waals surface area contributed by atoms with Crippen molar-refractivity contribution >= 4 is 27.3 Å². The number of sulfonamides is 1. The molecule has 3 rings (SSSR count). The Morgan fingerprint density at radius 2 is 1.86 bits per heavy atom. The second kappa shape index (κ2) is 5.42. The predicted molar refractivity (Wildman–Crippen MR) is 77.5 cm³/mol. The molecule has 0 radical (unpaired) electrons. The first-order chi connectivity index (χ1) is 10.0. The maximum absolute atomic E-state index is 12.3. The SMILES string of the molecule is O=S(=O)(Nc1ccc2c(c1)OCCO2)c1ccnc(Cl)c1. The second-order valence-electron chi connectivity index (χ2n) is 4.28. The number of nitrogens with one attached hydrogen (secondary N) is 1. The Bertz CT molecular complexity index is 779. The molecule has 2 heterocycles. The van der Waals surface area contributed by atoms with Crippen LogP contribution in [0.15, 0.2) is 41.4 Å². The van der Waals surface area contributed by atoms with Crippen molar-refractivity contribution in [2.75, 3.05) is 17.9 Å². The number of halogens is 1. The van der Waals surface area contributed by atoms with Gasteiger partial charge in [0, 0.05) is 12.3 Å². The fourth-order valence-corrected chi connectivity index (χ4v) is 3.17. The summed E-state index contributed by atoms with van der Waals surface area (Å²) in [6.45, 7) is 0.913. The normalized spacial score (nSPS) is 13.8.